The van der Waals surface area contributed by atoms with Gasteiger partial charge in [0.25, 0.3) is 0 Å². The molecule has 0 fully saturated rings. The lowest BCUT2D eigenvalue weighted by Crippen LogP contribution is -2.16. The number of nitrogens with one attached hydrogen (secondary N) is 1. The van der Waals surface area contributed by atoms with Crippen LogP contribution < -0.4 is 11.2 Å². The molecule has 0 atom stereocenters. The number of anilines is 1. The fraction of sp³-hybridized carbons (Fsp3) is 0.0625. The minimum Gasteiger partial charge on any atom is -0.335 e. The lowest BCUT2D eigenvalue weighted by molar-refractivity contribution is -0.113. The maximum atomic E-state index is 12.1. The average Bonchev–Trinajstić information content (AvgIpc) is 2.97. The molecule has 0 spiro atoms. The van der Waals surface area contributed by atoms with E-state index in [1.807, 2.05) is 12.1 Å². The number of nitrogen functional groups attached to an aromatic ring is 1. The van der Waals surface area contributed by atoms with E-state index in [9.17, 15) is 4.79 Å². The number of aromatic nitrogens is 3. The summed E-state index contributed by atoms with van der Waals surface area (Å²) in [5.74, 6) is 6.24. The third-order valence-corrected chi connectivity index (χ3v) is 5.15. The van der Waals surface area contributed by atoms with Crippen LogP contribution >= 0.6 is 46.6 Å². The molecule has 3 rings (SSSR count). The first-order chi connectivity index (χ1) is 12.5. The molecule has 0 radical (unpaired) electrons. The summed E-state index contributed by atoms with van der Waals surface area (Å²) in [7, 11) is 0. The summed E-state index contributed by atoms with van der Waals surface area (Å²) < 4.78 is 1.30. The molecule has 0 aliphatic carbocycles. The molecule has 0 saturated heterocycles. The number of carbonyl (C=O) groups is 1. The number of hydrogen-bond acceptors (Lipinski definition) is 5. The third kappa shape index (κ3) is 4.24. The van der Waals surface area contributed by atoms with E-state index >= 15 is 0 Å². The van der Waals surface area contributed by atoms with Crippen LogP contribution in [0.25, 0.3) is 11.4 Å². The Hall–Kier alpha value is -1.93. The molecule has 134 valence electrons. The fourth-order valence-electron chi connectivity index (χ4n) is 2.11. The number of nitrogens with zero attached hydrogens (tertiary/aromatic N) is 3. The van der Waals surface area contributed by atoms with Crippen molar-refractivity contribution in [3.05, 3.63) is 57.5 Å². The van der Waals surface area contributed by atoms with Crippen molar-refractivity contribution in [1.29, 1.82) is 0 Å². The van der Waals surface area contributed by atoms with Crippen molar-refractivity contribution in [2.24, 2.45) is 0 Å². The van der Waals surface area contributed by atoms with E-state index in [0.717, 1.165) is 11.8 Å². The van der Waals surface area contributed by atoms with Crippen LogP contribution in [-0.2, 0) is 4.79 Å². The summed E-state index contributed by atoms with van der Waals surface area (Å²) in [4.78, 5) is 12.1. The molecule has 1 amide bonds. The maximum absolute atomic E-state index is 12.1. The third-order valence-electron chi connectivity index (χ3n) is 3.31. The summed E-state index contributed by atoms with van der Waals surface area (Å²) >= 11 is 19.2. The standard InChI is InChI=1S/C16H12Cl3N5OS/c17-9-5-6-12(19)13(7-9)21-14(25)8-26-16-23-22-15(24(16)20)10-3-1-2-4-11(10)18/h1-7H,8,20H2,(H,21,25). The van der Waals surface area contributed by atoms with Crippen molar-refractivity contribution < 1.29 is 4.79 Å². The van der Waals surface area contributed by atoms with Crippen LogP contribution in [-0.4, -0.2) is 26.5 Å². The molecule has 0 unspecified atom stereocenters. The van der Waals surface area contributed by atoms with Gasteiger partial charge in [-0.15, -0.1) is 10.2 Å². The molecule has 0 aliphatic rings. The largest absolute Gasteiger partial charge is 0.335 e. The van der Waals surface area contributed by atoms with E-state index in [0.29, 0.717) is 37.3 Å². The SMILES string of the molecule is Nn1c(SCC(=O)Nc2cc(Cl)ccc2Cl)nnc1-c1ccccc1Cl. The van der Waals surface area contributed by atoms with Crippen LogP contribution in [0.4, 0.5) is 5.69 Å². The summed E-state index contributed by atoms with van der Waals surface area (Å²) in [6, 6.07) is 12.0. The summed E-state index contributed by atoms with van der Waals surface area (Å²) in [5.41, 5.74) is 1.10. The molecule has 3 aromatic rings. The van der Waals surface area contributed by atoms with Crippen molar-refractivity contribution in [2.45, 2.75) is 5.16 Å². The van der Waals surface area contributed by atoms with Gasteiger partial charge >= 0.3 is 0 Å². The molecule has 6 nitrogen and oxygen atoms in total. The summed E-state index contributed by atoms with van der Waals surface area (Å²) in [6.07, 6.45) is 0. The van der Waals surface area contributed by atoms with E-state index in [1.165, 1.54) is 4.68 Å². The molecule has 1 aromatic heterocycles. The highest BCUT2D eigenvalue weighted by molar-refractivity contribution is 7.99. The number of rotatable bonds is 5. The first-order valence-electron chi connectivity index (χ1n) is 7.29. The Bertz CT molecular complexity index is 963. The van der Waals surface area contributed by atoms with E-state index in [2.05, 4.69) is 15.5 Å². The zero-order valence-corrected chi connectivity index (χ0v) is 16.2. The number of carbonyl (C=O) groups excluding carboxylic acids is 1. The number of benzene rings is 2. The lowest BCUT2D eigenvalue weighted by Gasteiger charge is -2.08. The Morgan fingerprint density at radius 3 is 2.65 bits per heavy atom. The molecule has 2 aromatic carbocycles. The van der Waals surface area contributed by atoms with Gasteiger partial charge in [-0.1, -0.05) is 58.7 Å². The van der Waals surface area contributed by atoms with Crippen molar-refractivity contribution in [1.82, 2.24) is 14.9 Å². The van der Waals surface area contributed by atoms with Gasteiger partial charge in [-0.25, -0.2) is 4.68 Å². The number of thioether (sulfide) groups is 1. The predicted octanol–water partition coefficient (Wildman–Crippen LogP) is 4.35. The molecule has 0 aliphatic heterocycles. The van der Waals surface area contributed by atoms with Crippen LogP contribution in [0, 0.1) is 0 Å². The highest BCUT2D eigenvalue weighted by Crippen LogP contribution is 2.28. The number of hydrogen-bond donors (Lipinski definition) is 2. The first kappa shape index (κ1) is 18.8. The fourth-order valence-corrected chi connectivity index (χ4v) is 3.32. The Morgan fingerprint density at radius 2 is 1.88 bits per heavy atom. The van der Waals surface area contributed by atoms with Gasteiger partial charge in [0.15, 0.2) is 5.82 Å². The van der Waals surface area contributed by atoms with E-state index in [1.54, 1.807) is 30.3 Å². The van der Waals surface area contributed by atoms with Crippen molar-refractivity contribution >= 4 is 58.2 Å². The molecular weight excluding hydrogens is 417 g/mol. The zero-order valence-electron chi connectivity index (χ0n) is 13.1. The summed E-state index contributed by atoms with van der Waals surface area (Å²) in [5, 5.41) is 12.5. The topological polar surface area (TPSA) is 85.8 Å². The lowest BCUT2D eigenvalue weighted by atomic mass is 10.2. The van der Waals surface area contributed by atoms with E-state index in [-0.39, 0.29) is 11.7 Å². The van der Waals surface area contributed by atoms with Gasteiger partial charge in [0.2, 0.25) is 11.1 Å². The quantitative estimate of drug-likeness (QED) is 0.466. The smallest absolute Gasteiger partial charge is 0.234 e. The summed E-state index contributed by atoms with van der Waals surface area (Å²) in [6.45, 7) is 0. The van der Waals surface area contributed by atoms with Gasteiger partial charge in [0, 0.05) is 10.6 Å². The van der Waals surface area contributed by atoms with Gasteiger partial charge in [0.05, 0.1) is 21.5 Å². The molecule has 0 saturated carbocycles. The van der Waals surface area contributed by atoms with Crippen LogP contribution in [0.1, 0.15) is 0 Å². The van der Waals surface area contributed by atoms with Gasteiger partial charge < -0.3 is 11.2 Å². The number of halogens is 3. The van der Waals surface area contributed by atoms with Crippen LogP contribution in [0.5, 0.6) is 0 Å². The second kappa shape index (κ2) is 8.18. The number of amides is 1. The van der Waals surface area contributed by atoms with Crippen LogP contribution in [0.3, 0.4) is 0 Å². The van der Waals surface area contributed by atoms with Gasteiger partial charge in [-0.05, 0) is 30.3 Å². The monoisotopic (exact) mass is 427 g/mol. The highest BCUT2D eigenvalue weighted by Gasteiger charge is 2.16. The molecule has 3 N–H and O–H groups in total. The Morgan fingerprint density at radius 1 is 1.12 bits per heavy atom. The van der Waals surface area contributed by atoms with Gasteiger partial charge in [0.1, 0.15) is 0 Å². The second-order valence-corrected chi connectivity index (χ2v) is 7.31. The average molecular weight is 429 g/mol. The molecular formula is C16H12Cl3N5OS. The minimum atomic E-state index is -0.276. The Balaban J connectivity index is 1.68. The van der Waals surface area contributed by atoms with Gasteiger partial charge in [-0.3, -0.25) is 4.79 Å². The minimum absolute atomic E-state index is 0.0701. The van der Waals surface area contributed by atoms with E-state index < -0.39 is 0 Å². The van der Waals surface area contributed by atoms with Gasteiger partial charge in [-0.2, -0.15) is 0 Å². The van der Waals surface area contributed by atoms with E-state index in [4.69, 9.17) is 40.6 Å². The molecule has 0 bridgehead atoms. The molecule has 10 heteroatoms. The number of nitrogens with two attached hydrogens (primary N) is 1. The van der Waals surface area contributed by atoms with Crippen LogP contribution in [0.15, 0.2) is 47.6 Å². The van der Waals surface area contributed by atoms with Crippen molar-refractivity contribution in [3.63, 3.8) is 0 Å². The Kier molecular flexibility index (Phi) is 5.93. The first-order valence-corrected chi connectivity index (χ1v) is 9.40. The normalized spacial score (nSPS) is 10.7. The highest BCUT2D eigenvalue weighted by atomic mass is 35.5. The predicted molar refractivity (Wildman–Crippen MR) is 106 cm³/mol. The molecule has 26 heavy (non-hydrogen) atoms. The van der Waals surface area contributed by atoms with Crippen molar-refractivity contribution in [2.75, 3.05) is 16.9 Å². The zero-order chi connectivity index (χ0) is 18.7. The Labute approximate surface area is 168 Å². The second-order valence-electron chi connectivity index (χ2n) is 5.12. The van der Waals surface area contributed by atoms with Crippen molar-refractivity contribution in [3.8, 4) is 11.4 Å². The van der Waals surface area contributed by atoms with Crippen LogP contribution in [0.2, 0.25) is 15.1 Å². The maximum Gasteiger partial charge on any atom is 0.234 e. The molecule has 1 heterocycles.